The van der Waals surface area contributed by atoms with Gasteiger partial charge in [0.2, 0.25) is 11.7 Å². The smallest absolute Gasteiger partial charge is 0.249 e. The lowest BCUT2D eigenvalue weighted by molar-refractivity contribution is 0.336. The highest BCUT2D eigenvalue weighted by Gasteiger charge is 2.24. The second-order valence-corrected chi connectivity index (χ2v) is 5.92. The van der Waals surface area contributed by atoms with Crippen LogP contribution in [0.5, 0.6) is 0 Å². The first-order chi connectivity index (χ1) is 12.2. The van der Waals surface area contributed by atoms with E-state index in [4.69, 9.17) is 4.52 Å². The Morgan fingerprint density at radius 2 is 2.12 bits per heavy atom. The maximum atomic E-state index is 5.49. The van der Waals surface area contributed by atoms with Crippen molar-refractivity contribution in [3.8, 4) is 11.4 Å². The van der Waals surface area contributed by atoms with Gasteiger partial charge >= 0.3 is 0 Å². The molecule has 4 heterocycles. The van der Waals surface area contributed by atoms with Gasteiger partial charge in [-0.2, -0.15) is 10.1 Å². The van der Waals surface area contributed by atoms with Gasteiger partial charge in [0.15, 0.2) is 5.65 Å². The van der Waals surface area contributed by atoms with Gasteiger partial charge in [-0.1, -0.05) is 19.0 Å². The Morgan fingerprint density at radius 3 is 2.92 bits per heavy atom. The van der Waals surface area contributed by atoms with Crippen LogP contribution in [0.3, 0.4) is 0 Å². The first kappa shape index (κ1) is 15.2. The first-order valence-corrected chi connectivity index (χ1v) is 7.87. The van der Waals surface area contributed by atoms with Crippen molar-refractivity contribution in [2.24, 2.45) is 5.92 Å². The summed E-state index contributed by atoms with van der Waals surface area (Å²) in [6.07, 6.45) is 6.57. The number of rotatable bonds is 5. The Bertz CT molecular complexity index is 978. The number of nitrogens with zero attached hydrogens (tertiary/aromatic N) is 6. The first-order valence-electron chi connectivity index (χ1n) is 7.87. The third-order valence-corrected chi connectivity index (χ3v) is 3.83. The quantitative estimate of drug-likeness (QED) is 0.571. The molecule has 1 unspecified atom stereocenters. The number of nitrogens with one attached hydrogen (secondary N) is 2. The topological polar surface area (TPSA) is 118 Å². The molecule has 0 amide bonds. The molecule has 4 rings (SSSR count). The fraction of sp³-hybridized carbons (Fsp3) is 0.250. The highest BCUT2D eigenvalue weighted by Crippen LogP contribution is 2.28. The third-order valence-electron chi connectivity index (χ3n) is 3.83. The van der Waals surface area contributed by atoms with Crippen molar-refractivity contribution in [1.29, 1.82) is 0 Å². The molecule has 4 aromatic heterocycles. The number of fused-ring (bicyclic) bond motifs is 1. The molecular weight excluding hydrogens is 320 g/mol. The molecule has 126 valence electrons. The van der Waals surface area contributed by atoms with E-state index < -0.39 is 0 Å². The monoisotopic (exact) mass is 336 g/mol. The van der Waals surface area contributed by atoms with E-state index in [9.17, 15) is 0 Å². The number of hydrogen-bond acceptors (Lipinski definition) is 8. The summed E-state index contributed by atoms with van der Waals surface area (Å²) in [6.45, 7) is 4.14. The van der Waals surface area contributed by atoms with Gasteiger partial charge in [0.25, 0.3) is 0 Å². The van der Waals surface area contributed by atoms with Crippen LogP contribution in [0.15, 0.2) is 41.6 Å². The Labute approximate surface area is 142 Å². The largest absolute Gasteiger partial charge is 0.357 e. The van der Waals surface area contributed by atoms with Crippen LogP contribution in [-0.2, 0) is 0 Å². The van der Waals surface area contributed by atoms with Gasteiger partial charge < -0.3 is 9.84 Å². The second-order valence-electron chi connectivity index (χ2n) is 5.92. The average molecular weight is 336 g/mol. The van der Waals surface area contributed by atoms with Crippen molar-refractivity contribution in [3.05, 3.63) is 42.9 Å². The van der Waals surface area contributed by atoms with E-state index in [1.54, 1.807) is 18.6 Å². The fourth-order valence-corrected chi connectivity index (χ4v) is 2.51. The summed E-state index contributed by atoms with van der Waals surface area (Å²) in [5.41, 5.74) is 1.47. The zero-order valence-corrected chi connectivity index (χ0v) is 13.7. The van der Waals surface area contributed by atoms with Crippen LogP contribution in [0.25, 0.3) is 22.4 Å². The van der Waals surface area contributed by atoms with Crippen LogP contribution in [-0.4, -0.2) is 35.3 Å². The molecule has 2 N–H and O–H groups in total. The lowest BCUT2D eigenvalue weighted by Crippen LogP contribution is -2.18. The molecule has 0 saturated heterocycles. The normalized spacial score (nSPS) is 12.6. The van der Waals surface area contributed by atoms with E-state index >= 15 is 0 Å². The van der Waals surface area contributed by atoms with Gasteiger partial charge in [0.1, 0.15) is 18.2 Å². The molecule has 9 heteroatoms. The van der Waals surface area contributed by atoms with Crippen LogP contribution in [0.2, 0.25) is 0 Å². The van der Waals surface area contributed by atoms with E-state index in [2.05, 4.69) is 54.5 Å². The lowest BCUT2D eigenvalue weighted by atomic mass is 10.0. The van der Waals surface area contributed by atoms with Crippen molar-refractivity contribution in [2.45, 2.75) is 19.9 Å². The third kappa shape index (κ3) is 2.91. The highest BCUT2D eigenvalue weighted by molar-refractivity contribution is 5.85. The molecule has 0 spiro atoms. The SMILES string of the molecule is CC(C)C(Nc1ncnc2[nH]ncc12)c1nc(-c2cccnc2)no1. The summed E-state index contributed by atoms with van der Waals surface area (Å²) >= 11 is 0. The Balaban J connectivity index is 1.66. The van der Waals surface area contributed by atoms with Crippen molar-refractivity contribution in [1.82, 2.24) is 35.3 Å². The van der Waals surface area contributed by atoms with Crippen molar-refractivity contribution in [2.75, 3.05) is 5.32 Å². The van der Waals surface area contributed by atoms with Gasteiger partial charge in [0, 0.05) is 18.0 Å². The minimum Gasteiger partial charge on any atom is -0.357 e. The van der Waals surface area contributed by atoms with E-state index in [0.29, 0.717) is 23.2 Å². The molecule has 4 aromatic rings. The standard InChI is InChI=1S/C16H16N8O/c1-9(2)12(21-14-11-7-20-23-15(11)19-8-18-14)16-22-13(24-25-16)10-4-3-5-17-6-10/h3-9,12H,1-2H3,(H2,18,19,20,21,23). The fourth-order valence-electron chi connectivity index (χ4n) is 2.51. The zero-order valence-electron chi connectivity index (χ0n) is 13.7. The lowest BCUT2D eigenvalue weighted by Gasteiger charge is -2.19. The number of hydrogen-bond donors (Lipinski definition) is 2. The van der Waals surface area contributed by atoms with Gasteiger partial charge in [-0.05, 0) is 18.1 Å². The van der Waals surface area contributed by atoms with Crippen LogP contribution in [0, 0.1) is 5.92 Å². The van der Waals surface area contributed by atoms with Crippen LogP contribution in [0.4, 0.5) is 5.82 Å². The molecule has 0 aliphatic rings. The van der Waals surface area contributed by atoms with Crippen LogP contribution >= 0.6 is 0 Å². The number of aromatic amines is 1. The predicted molar refractivity (Wildman–Crippen MR) is 90.4 cm³/mol. The number of pyridine rings is 1. The van der Waals surface area contributed by atoms with Gasteiger partial charge in [-0.3, -0.25) is 10.1 Å². The minimum atomic E-state index is -0.203. The van der Waals surface area contributed by atoms with Crippen molar-refractivity contribution < 1.29 is 4.52 Å². The van der Waals surface area contributed by atoms with E-state index in [1.807, 2.05) is 12.1 Å². The van der Waals surface area contributed by atoms with Gasteiger partial charge in [-0.15, -0.1) is 0 Å². The highest BCUT2D eigenvalue weighted by atomic mass is 16.5. The molecule has 0 bridgehead atoms. The molecular formula is C16H16N8O. The predicted octanol–water partition coefficient (Wildman–Crippen LogP) is 2.61. The van der Waals surface area contributed by atoms with E-state index in [-0.39, 0.29) is 12.0 Å². The molecule has 0 aromatic carbocycles. The molecule has 9 nitrogen and oxygen atoms in total. The molecule has 0 radical (unpaired) electrons. The number of H-pyrrole nitrogens is 1. The molecule has 1 atom stereocenters. The minimum absolute atomic E-state index is 0.194. The summed E-state index contributed by atoms with van der Waals surface area (Å²) in [4.78, 5) is 17.1. The van der Waals surface area contributed by atoms with Crippen LogP contribution in [0.1, 0.15) is 25.8 Å². The van der Waals surface area contributed by atoms with Crippen molar-refractivity contribution in [3.63, 3.8) is 0 Å². The van der Waals surface area contributed by atoms with Crippen LogP contribution < -0.4 is 5.32 Å². The summed E-state index contributed by atoms with van der Waals surface area (Å²) < 4.78 is 5.49. The maximum absolute atomic E-state index is 5.49. The Morgan fingerprint density at radius 1 is 1.20 bits per heavy atom. The molecule has 0 aliphatic heterocycles. The average Bonchev–Trinajstić information content (AvgIpc) is 3.30. The Hall–Kier alpha value is -3.36. The van der Waals surface area contributed by atoms with E-state index in [1.165, 1.54) is 6.33 Å². The summed E-state index contributed by atoms with van der Waals surface area (Å²) in [5, 5.41) is 15.1. The van der Waals surface area contributed by atoms with Crippen molar-refractivity contribution >= 4 is 16.9 Å². The maximum Gasteiger partial charge on any atom is 0.249 e. The molecule has 0 saturated carbocycles. The summed E-state index contributed by atoms with van der Waals surface area (Å²) in [5.74, 6) is 1.86. The molecule has 0 aliphatic carbocycles. The van der Waals surface area contributed by atoms with E-state index in [0.717, 1.165) is 10.9 Å². The molecule has 0 fully saturated rings. The number of aromatic nitrogens is 7. The summed E-state index contributed by atoms with van der Waals surface area (Å²) in [6, 6.07) is 3.52. The van der Waals surface area contributed by atoms with Gasteiger partial charge in [0.05, 0.1) is 11.6 Å². The second kappa shape index (κ2) is 6.27. The zero-order chi connectivity index (χ0) is 17.2. The summed E-state index contributed by atoms with van der Waals surface area (Å²) in [7, 11) is 0. The Kier molecular flexibility index (Phi) is 3.81. The number of anilines is 1. The molecule has 25 heavy (non-hydrogen) atoms. The van der Waals surface area contributed by atoms with Gasteiger partial charge in [-0.25, -0.2) is 9.97 Å².